The van der Waals surface area contributed by atoms with E-state index in [4.69, 9.17) is 0 Å². The first kappa shape index (κ1) is 17.2. The quantitative estimate of drug-likeness (QED) is 0.590. The van der Waals surface area contributed by atoms with Crippen LogP contribution < -0.4 is 0 Å². The predicted octanol–water partition coefficient (Wildman–Crippen LogP) is 5.11. The smallest absolute Gasteiger partial charge is 0.123 e. The van der Waals surface area contributed by atoms with Crippen molar-refractivity contribution in [3.05, 3.63) is 120 Å². The van der Waals surface area contributed by atoms with E-state index >= 15 is 0 Å². The lowest BCUT2D eigenvalue weighted by atomic mass is 9.75. The zero-order valence-electron chi connectivity index (χ0n) is 14.6. The molecule has 3 aromatic rings. The summed E-state index contributed by atoms with van der Waals surface area (Å²) in [5, 5.41) is 0. The SMILES string of the molecule is Fc1ccc(C(c2ccccc2)(c2ccc(F)cc2)N2C=CN=CC2)cc1. The van der Waals surface area contributed by atoms with Crippen molar-refractivity contribution in [2.75, 3.05) is 6.54 Å². The van der Waals surface area contributed by atoms with Crippen LogP contribution in [-0.2, 0) is 5.54 Å². The molecule has 0 aliphatic carbocycles. The van der Waals surface area contributed by atoms with Crippen LogP contribution in [0.25, 0.3) is 0 Å². The Bertz CT molecular complexity index is 916. The highest BCUT2D eigenvalue weighted by atomic mass is 19.1. The molecule has 0 bridgehead atoms. The molecule has 0 spiro atoms. The highest BCUT2D eigenvalue weighted by Crippen LogP contribution is 2.43. The molecule has 1 aliphatic heterocycles. The van der Waals surface area contributed by atoms with Crippen LogP contribution in [0, 0.1) is 11.6 Å². The molecule has 0 atom stereocenters. The number of rotatable bonds is 4. The Balaban J connectivity index is 2.04. The van der Waals surface area contributed by atoms with Gasteiger partial charge in [0.25, 0.3) is 0 Å². The van der Waals surface area contributed by atoms with Gasteiger partial charge in [-0.1, -0.05) is 54.6 Å². The zero-order valence-corrected chi connectivity index (χ0v) is 14.6. The maximum atomic E-state index is 13.7. The number of hydrogen-bond acceptors (Lipinski definition) is 2. The molecule has 0 fully saturated rings. The van der Waals surface area contributed by atoms with Crippen molar-refractivity contribution in [2.45, 2.75) is 5.54 Å². The van der Waals surface area contributed by atoms with Crippen molar-refractivity contribution in [3.63, 3.8) is 0 Å². The predicted molar refractivity (Wildman–Crippen MR) is 103 cm³/mol. The lowest BCUT2D eigenvalue weighted by Gasteiger charge is -2.45. The molecule has 4 heteroatoms. The minimum absolute atomic E-state index is 0.296. The molecular formula is C23H18F2N2. The normalized spacial score (nSPS) is 13.8. The van der Waals surface area contributed by atoms with Gasteiger partial charge >= 0.3 is 0 Å². The monoisotopic (exact) mass is 360 g/mol. The second-order valence-electron chi connectivity index (χ2n) is 6.37. The summed E-state index contributed by atoms with van der Waals surface area (Å²) >= 11 is 0. The van der Waals surface area contributed by atoms with Gasteiger partial charge in [-0.3, -0.25) is 4.99 Å². The average molecular weight is 360 g/mol. The number of benzene rings is 3. The summed E-state index contributed by atoms with van der Waals surface area (Å²) in [5.74, 6) is -0.592. The van der Waals surface area contributed by atoms with Crippen molar-refractivity contribution in [3.8, 4) is 0 Å². The van der Waals surface area contributed by atoms with Crippen LogP contribution in [0.2, 0.25) is 0 Å². The van der Waals surface area contributed by atoms with Crippen LogP contribution in [-0.4, -0.2) is 17.7 Å². The number of nitrogens with zero attached hydrogens (tertiary/aromatic N) is 2. The minimum atomic E-state index is -0.744. The third kappa shape index (κ3) is 3.04. The van der Waals surface area contributed by atoms with Crippen molar-refractivity contribution in [1.82, 2.24) is 4.90 Å². The zero-order chi connectivity index (χ0) is 18.7. The largest absolute Gasteiger partial charge is 0.353 e. The highest BCUT2D eigenvalue weighted by molar-refractivity contribution is 5.64. The van der Waals surface area contributed by atoms with Crippen molar-refractivity contribution in [2.24, 2.45) is 4.99 Å². The van der Waals surface area contributed by atoms with E-state index in [1.54, 1.807) is 30.5 Å². The van der Waals surface area contributed by atoms with Gasteiger partial charge in [0.05, 0.1) is 6.54 Å². The first-order valence-corrected chi connectivity index (χ1v) is 8.74. The van der Waals surface area contributed by atoms with E-state index < -0.39 is 5.54 Å². The van der Waals surface area contributed by atoms with E-state index in [2.05, 4.69) is 9.89 Å². The van der Waals surface area contributed by atoms with Gasteiger partial charge in [-0.15, -0.1) is 0 Å². The average Bonchev–Trinajstić information content (AvgIpc) is 2.73. The molecule has 27 heavy (non-hydrogen) atoms. The highest BCUT2D eigenvalue weighted by Gasteiger charge is 2.41. The second-order valence-corrected chi connectivity index (χ2v) is 6.37. The first-order chi connectivity index (χ1) is 13.2. The topological polar surface area (TPSA) is 15.6 Å². The van der Waals surface area contributed by atoms with Gasteiger partial charge in [-0.2, -0.15) is 0 Å². The molecule has 0 radical (unpaired) electrons. The van der Waals surface area contributed by atoms with Gasteiger partial charge in [-0.25, -0.2) is 8.78 Å². The fourth-order valence-corrected chi connectivity index (χ4v) is 3.68. The van der Waals surface area contributed by atoms with E-state index in [1.807, 2.05) is 42.7 Å². The van der Waals surface area contributed by atoms with Crippen molar-refractivity contribution < 1.29 is 8.78 Å². The Morgan fingerprint density at radius 2 is 1.22 bits per heavy atom. The molecule has 4 rings (SSSR count). The Hall–Kier alpha value is -3.27. The lowest BCUT2D eigenvalue weighted by molar-refractivity contribution is 0.260. The van der Waals surface area contributed by atoms with Crippen LogP contribution in [0.4, 0.5) is 8.78 Å². The van der Waals surface area contributed by atoms with Crippen LogP contribution in [0.15, 0.2) is 96.3 Å². The van der Waals surface area contributed by atoms with Gasteiger partial charge < -0.3 is 4.90 Å². The molecule has 0 saturated carbocycles. The Morgan fingerprint density at radius 3 is 1.70 bits per heavy atom. The van der Waals surface area contributed by atoms with Crippen molar-refractivity contribution >= 4 is 6.21 Å². The summed E-state index contributed by atoms with van der Waals surface area (Å²) in [6, 6.07) is 22.9. The lowest BCUT2D eigenvalue weighted by Crippen LogP contribution is -2.46. The summed E-state index contributed by atoms with van der Waals surface area (Å²) < 4.78 is 27.4. The van der Waals surface area contributed by atoms with Crippen molar-refractivity contribution in [1.29, 1.82) is 0 Å². The summed E-state index contributed by atoms with van der Waals surface area (Å²) in [6.07, 6.45) is 5.47. The summed E-state index contributed by atoms with van der Waals surface area (Å²) in [4.78, 5) is 6.32. The maximum Gasteiger partial charge on any atom is 0.123 e. The molecule has 0 unspecified atom stereocenters. The molecule has 0 aromatic heterocycles. The van der Waals surface area contributed by atoms with Gasteiger partial charge in [0.2, 0.25) is 0 Å². The van der Waals surface area contributed by atoms with E-state index in [-0.39, 0.29) is 11.6 Å². The molecule has 1 heterocycles. The van der Waals surface area contributed by atoms with Crippen LogP contribution in [0.5, 0.6) is 0 Å². The van der Waals surface area contributed by atoms with Gasteiger partial charge in [0, 0.05) is 18.6 Å². The van der Waals surface area contributed by atoms with Crippen LogP contribution in [0.1, 0.15) is 16.7 Å². The molecule has 0 N–H and O–H groups in total. The summed E-state index contributed by atoms with van der Waals surface area (Å²) in [7, 11) is 0. The van der Waals surface area contributed by atoms with Gasteiger partial charge in [0.15, 0.2) is 0 Å². The van der Waals surface area contributed by atoms with Crippen LogP contribution in [0.3, 0.4) is 0 Å². The maximum absolute atomic E-state index is 13.7. The molecule has 1 aliphatic rings. The molecule has 2 nitrogen and oxygen atoms in total. The number of halogens is 2. The third-order valence-electron chi connectivity index (χ3n) is 4.86. The Labute approximate surface area is 157 Å². The molecule has 0 amide bonds. The van der Waals surface area contributed by atoms with Gasteiger partial charge in [-0.05, 0) is 41.0 Å². The third-order valence-corrected chi connectivity index (χ3v) is 4.86. The molecule has 134 valence electrons. The van der Waals surface area contributed by atoms with Crippen LogP contribution >= 0.6 is 0 Å². The Morgan fingerprint density at radius 1 is 0.704 bits per heavy atom. The molecule has 0 saturated heterocycles. The number of aliphatic imine (C=N–C) groups is 1. The standard InChI is InChI=1S/C23H18F2N2/c24-21-10-6-19(7-11-21)23(18-4-2-1-3-5-18,27-16-14-26-15-17-27)20-8-12-22(25)13-9-20/h1-16H,17H2. The fraction of sp³-hybridized carbons (Fsp3) is 0.0870. The second kappa shape index (κ2) is 7.16. The first-order valence-electron chi connectivity index (χ1n) is 8.74. The van der Waals surface area contributed by atoms with E-state index in [0.29, 0.717) is 6.54 Å². The van der Waals surface area contributed by atoms with E-state index in [0.717, 1.165) is 16.7 Å². The summed E-state index contributed by atoms with van der Waals surface area (Å²) in [6.45, 7) is 0.570. The van der Waals surface area contributed by atoms with E-state index in [9.17, 15) is 8.78 Å². The summed E-state index contributed by atoms with van der Waals surface area (Å²) in [5.41, 5.74) is 2.04. The minimum Gasteiger partial charge on any atom is -0.353 e. The molecule has 3 aromatic carbocycles. The number of hydrogen-bond donors (Lipinski definition) is 0. The van der Waals surface area contributed by atoms with Gasteiger partial charge in [0.1, 0.15) is 17.2 Å². The molecular weight excluding hydrogens is 342 g/mol. The van der Waals surface area contributed by atoms with E-state index in [1.165, 1.54) is 24.3 Å². The fourth-order valence-electron chi connectivity index (χ4n) is 3.68. The Kier molecular flexibility index (Phi) is 4.55.